The molecule has 19 heavy (non-hydrogen) atoms. The van der Waals surface area contributed by atoms with Gasteiger partial charge in [0.2, 0.25) is 0 Å². The predicted molar refractivity (Wildman–Crippen MR) is 75.0 cm³/mol. The molecule has 0 bridgehead atoms. The van der Waals surface area contributed by atoms with E-state index in [9.17, 15) is 9.18 Å². The second-order valence-electron chi connectivity index (χ2n) is 4.15. The molecule has 0 aromatic heterocycles. The first-order valence-electron chi connectivity index (χ1n) is 5.60. The Morgan fingerprint density at radius 1 is 1.26 bits per heavy atom. The zero-order valence-corrected chi connectivity index (χ0v) is 11.0. The summed E-state index contributed by atoms with van der Waals surface area (Å²) in [4.78, 5) is 12.1. The Balaban J connectivity index is 2.28. The van der Waals surface area contributed by atoms with E-state index in [2.05, 4.69) is 5.32 Å². The average Bonchev–Trinajstić information content (AvgIpc) is 2.35. The number of benzene rings is 2. The third kappa shape index (κ3) is 3.03. The average molecular weight is 279 g/mol. The molecule has 2 aromatic carbocycles. The van der Waals surface area contributed by atoms with Crippen molar-refractivity contribution in [3.63, 3.8) is 0 Å². The van der Waals surface area contributed by atoms with Crippen LogP contribution >= 0.6 is 11.6 Å². The van der Waals surface area contributed by atoms with Gasteiger partial charge in [-0.25, -0.2) is 4.39 Å². The summed E-state index contributed by atoms with van der Waals surface area (Å²) in [5, 5.41) is 2.95. The summed E-state index contributed by atoms with van der Waals surface area (Å²) in [6.07, 6.45) is 0. The standard InChI is InChI=1S/C14H12ClFN2O/c1-8-2-3-9(15)6-11(8)14(19)18-13-5-4-10(17)7-12(13)16/h2-7H,17H2,1H3,(H,18,19). The number of rotatable bonds is 2. The minimum absolute atomic E-state index is 0.0820. The molecule has 0 aliphatic carbocycles. The lowest BCUT2D eigenvalue weighted by Gasteiger charge is -2.09. The van der Waals surface area contributed by atoms with E-state index in [-0.39, 0.29) is 5.69 Å². The van der Waals surface area contributed by atoms with Crippen molar-refractivity contribution >= 4 is 28.9 Å². The van der Waals surface area contributed by atoms with Crippen LogP contribution in [0.15, 0.2) is 36.4 Å². The Morgan fingerprint density at radius 2 is 2.00 bits per heavy atom. The molecule has 0 spiro atoms. The van der Waals surface area contributed by atoms with Crippen LogP contribution in [0.2, 0.25) is 5.02 Å². The van der Waals surface area contributed by atoms with Gasteiger partial charge < -0.3 is 11.1 Å². The quantitative estimate of drug-likeness (QED) is 0.824. The lowest BCUT2D eigenvalue weighted by atomic mass is 10.1. The molecule has 98 valence electrons. The normalized spacial score (nSPS) is 10.3. The van der Waals surface area contributed by atoms with Crippen LogP contribution in [0.1, 0.15) is 15.9 Å². The summed E-state index contributed by atoms with van der Waals surface area (Å²) in [7, 11) is 0. The van der Waals surface area contributed by atoms with Gasteiger partial charge in [-0.3, -0.25) is 4.79 Å². The zero-order chi connectivity index (χ0) is 14.0. The fourth-order valence-corrected chi connectivity index (χ4v) is 1.83. The highest BCUT2D eigenvalue weighted by molar-refractivity contribution is 6.31. The highest BCUT2D eigenvalue weighted by atomic mass is 35.5. The van der Waals surface area contributed by atoms with Crippen LogP contribution in [0.3, 0.4) is 0 Å². The third-order valence-electron chi connectivity index (χ3n) is 2.69. The number of nitrogen functional groups attached to an aromatic ring is 1. The van der Waals surface area contributed by atoms with Gasteiger partial charge in [-0.15, -0.1) is 0 Å². The molecule has 3 nitrogen and oxygen atoms in total. The minimum Gasteiger partial charge on any atom is -0.399 e. The van der Waals surface area contributed by atoms with Crippen molar-refractivity contribution in [1.82, 2.24) is 0 Å². The van der Waals surface area contributed by atoms with Gasteiger partial charge in [0, 0.05) is 16.3 Å². The van der Waals surface area contributed by atoms with Crippen molar-refractivity contribution < 1.29 is 9.18 Å². The van der Waals surface area contributed by atoms with Gasteiger partial charge >= 0.3 is 0 Å². The fourth-order valence-electron chi connectivity index (χ4n) is 1.66. The molecule has 2 rings (SSSR count). The van der Waals surface area contributed by atoms with E-state index in [1.165, 1.54) is 12.1 Å². The molecule has 5 heteroatoms. The van der Waals surface area contributed by atoms with Crippen molar-refractivity contribution in [3.05, 3.63) is 58.4 Å². The topological polar surface area (TPSA) is 55.1 Å². The summed E-state index contributed by atoms with van der Waals surface area (Å²) in [6.45, 7) is 1.78. The predicted octanol–water partition coefficient (Wildman–Crippen LogP) is 3.62. The van der Waals surface area contributed by atoms with Crippen molar-refractivity contribution in [2.75, 3.05) is 11.1 Å². The van der Waals surface area contributed by atoms with E-state index in [4.69, 9.17) is 17.3 Å². The molecule has 2 aromatic rings. The number of amides is 1. The van der Waals surface area contributed by atoms with E-state index < -0.39 is 11.7 Å². The number of hydrogen-bond donors (Lipinski definition) is 2. The summed E-state index contributed by atoms with van der Waals surface area (Å²) in [5.74, 6) is -0.989. The van der Waals surface area contributed by atoms with Crippen molar-refractivity contribution in [2.45, 2.75) is 6.92 Å². The van der Waals surface area contributed by atoms with Gasteiger partial charge in [0.1, 0.15) is 5.82 Å². The number of hydrogen-bond acceptors (Lipinski definition) is 2. The summed E-state index contributed by atoms with van der Waals surface area (Å²) in [5.41, 5.74) is 6.99. The summed E-state index contributed by atoms with van der Waals surface area (Å²) in [6, 6.07) is 9.06. The number of halogens is 2. The number of aryl methyl sites for hydroxylation is 1. The number of nitrogens with two attached hydrogens (primary N) is 1. The van der Waals surface area contributed by atoms with Crippen molar-refractivity contribution in [2.24, 2.45) is 0 Å². The molecule has 0 unspecified atom stereocenters. The third-order valence-corrected chi connectivity index (χ3v) is 2.92. The lowest BCUT2D eigenvalue weighted by molar-refractivity contribution is 0.102. The highest BCUT2D eigenvalue weighted by Crippen LogP contribution is 2.20. The van der Waals surface area contributed by atoms with E-state index in [1.54, 1.807) is 25.1 Å². The molecule has 0 aliphatic rings. The minimum atomic E-state index is -0.576. The van der Waals surface area contributed by atoms with Gasteiger partial charge in [-0.2, -0.15) is 0 Å². The highest BCUT2D eigenvalue weighted by Gasteiger charge is 2.12. The van der Waals surface area contributed by atoms with Crippen molar-refractivity contribution in [1.29, 1.82) is 0 Å². The SMILES string of the molecule is Cc1ccc(Cl)cc1C(=O)Nc1ccc(N)cc1F. The largest absolute Gasteiger partial charge is 0.399 e. The van der Waals surface area contributed by atoms with Crippen LogP contribution in [0.5, 0.6) is 0 Å². The number of nitrogens with one attached hydrogen (secondary N) is 1. The molecule has 0 heterocycles. The van der Waals surface area contributed by atoms with Crippen molar-refractivity contribution in [3.8, 4) is 0 Å². The Hall–Kier alpha value is -2.07. The molecule has 0 fully saturated rings. The Kier molecular flexibility index (Phi) is 3.71. The zero-order valence-electron chi connectivity index (χ0n) is 10.2. The molecule has 0 atom stereocenters. The van der Waals surface area contributed by atoms with Gasteiger partial charge in [0.25, 0.3) is 5.91 Å². The van der Waals surface area contributed by atoms with E-state index in [1.807, 2.05) is 0 Å². The summed E-state index contributed by atoms with van der Waals surface area (Å²) >= 11 is 5.85. The van der Waals surface area contributed by atoms with E-state index >= 15 is 0 Å². The van der Waals surface area contributed by atoms with Crippen LogP contribution in [0, 0.1) is 12.7 Å². The molecular formula is C14H12ClFN2O. The first kappa shape index (κ1) is 13.4. The molecule has 0 radical (unpaired) electrons. The number of anilines is 2. The van der Waals surface area contributed by atoms with Crippen LogP contribution < -0.4 is 11.1 Å². The molecule has 0 saturated heterocycles. The first-order chi connectivity index (χ1) is 8.97. The van der Waals surface area contributed by atoms with Gasteiger partial charge in [-0.1, -0.05) is 17.7 Å². The van der Waals surface area contributed by atoms with Crippen LogP contribution in [0.25, 0.3) is 0 Å². The van der Waals surface area contributed by atoms with Crippen LogP contribution in [-0.2, 0) is 0 Å². The monoisotopic (exact) mass is 278 g/mol. The number of carbonyl (C=O) groups is 1. The van der Waals surface area contributed by atoms with Gasteiger partial charge in [0.15, 0.2) is 0 Å². The molecule has 1 amide bonds. The second kappa shape index (κ2) is 5.28. The maximum absolute atomic E-state index is 13.6. The lowest BCUT2D eigenvalue weighted by Crippen LogP contribution is -2.14. The number of carbonyl (C=O) groups excluding carboxylic acids is 1. The van der Waals surface area contributed by atoms with Gasteiger partial charge in [-0.05, 0) is 42.8 Å². The maximum Gasteiger partial charge on any atom is 0.256 e. The molecule has 0 saturated carbocycles. The van der Waals surface area contributed by atoms with E-state index in [0.717, 1.165) is 11.6 Å². The van der Waals surface area contributed by atoms with E-state index in [0.29, 0.717) is 16.3 Å². The Bertz CT molecular complexity index is 643. The Morgan fingerprint density at radius 3 is 2.68 bits per heavy atom. The van der Waals surface area contributed by atoms with Crippen LogP contribution in [0.4, 0.5) is 15.8 Å². The second-order valence-corrected chi connectivity index (χ2v) is 4.59. The van der Waals surface area contributed by atoms with Gasteiger partial charge in [0.05, 0.1) is 5.69 Å². The fraction of sp³-hybridized carbons (Fsp3) is 0.0714. The molecule has 3 N–H and O–H groups in total. The maximum atomic E-state index is 13.6. The molecular weight excluding hydrogens is 267 g/mol. The summed E-state index contributed by atoms with van der Waals surface area (Å²) < 4.78 is 13.6. The first-order valence-corrected chi connectivity index (χ1v) is 5.97. The Labute approximate surface area is 115 Å². The molecule has 0 aliphatic heterocycles. The smallest absolute Gasteiger partial charge is 0.256 e. The van der Waals surface area contributed by atoms with Crippen LogP contribution in [-0.4, -0.2) is 5.91 Å².